The number of carboxylic acid groups (broad SMARTS) is 1. The predicted molar refractivity (Wildman–Crippen MR) is 74.4 cm³/mol. The second-order valence-electron chi connectivity index (χ2n) is 6.34. The molecule has 0 radical (unpaired) electrons. The van der Waals surface area contributed by atoms with Crippen molar-refractivity contribution in [2.75, 3.05) is 13.7 Å². The fraction of sp³-hybridized carbons (Fsp3) is 0.867. The second-order valence-corrected chi connectivity index (χ2v) is 6.34. The second kappa shape index (κ2) is 6.12. The van der Waals surface area contributed by atoms with Crippen LogP contribution in [0.15, 0.2) is 0 Å². The molecule has 0 bridgehead atoms. The third-order valence-electron chi connectivity index (χ3n) is 5.07. The van der Waals surface area contributed by atoms with Gasteiger partial charge in [-0.25, -0.2) is 0 Å². The van der Waals surface area contributed by atoms with Crippen LogP contribution < -0.4 is 5.32 Å². The molecule has 2 fully saturated rings. The summed E-state index contributed by atoms with van der Waals surface area (Å²) in [6.45, 7) is 0.251. The summed E-state index contributed by atoms with van der Waals surface area (Å²) in [6, 6.07) is 0. The highest BCUT2D eigenvalue weighted by Crippen LogP contribution is 2.38. The number of carbonyl (C=O) groups is 2. The Morgan fingerprint density at radius 3 is 2.20 bits per heavy atom. The molecule has 0 aromatic heterocycles. The van der Waals surface area contributed by atoms with Crippen molar-refractivity contribution in [1.29, 1.82) is 0 Å². The maximum Gasteiger partial charge on any atom is 0.311 e. The summed E-state index contributed by atoms with van der Waals surface area (Å²) in [5.41, 5.74) is -1.05. The highest BCUT2D eigenvalue weighted by molar-refractivity contribution is 5.79. The van der Waals surface area contributed by atoms with Crippen LogP contribution in [0.4, 0.5) is 0 Å². The van der Waals surface area contributed by atoms with Gasteiger partial charge >= 0.3 is 5.97 Å². The molecule has 0 saturated heterocycles. The number of aliphatic carboxylic acids is 1. The Kier molecular flexibility index (Phi) is 4.68. The van der Waals surface area contributed by atoms with E-state index in [1.54, 1.807) is 7.11 Å². The highest BCUT2D eigenvalue weighted by atomic mass is 16.5. The Hall–Kier alpha value is -1.10. The van der Waals surface area contributed by atoms with Crippen LogP contribution in [-0.4, -0.2) is 36.2 Å². The molecule has 5 nitrogen and oxygen atoms in total. The smallest absolute Gasteiger partial charge is 0.311 e. The molecule has 2 N–H and O–H groups in total. The van der Waals surface area contributed by atoms with Gasteiger partial charge in [0.1, 0.15) is 0 Å². The van der Waals surface area contributed by atoms with Crippen LogP contribution in [0.1, 0.15) is 57.8 Å². The van der Waals surface area contributed by atoms with Gasteiger partial charge in [-0.2, -0.15) is 0 Å². The summed E-state index contributed by atoms with van der Waals surface area (Å²) < 4.78 is 5.43. The average Bonchev–Trinajstić information content (AvgIpc) is 2.41. The number of carboxylic acids is 1. The quantitative estimate of drug-likeness (QED) is 0.782. The molecular weight excluding hydrogens is 258 g/mol. The number of hydrogen-bond donors (Lipinski definition) is 2. The number of methoxy groups -OCH3 is 1. The van der Waals surface area contributed by atoms with Crippen molar-refractivity contribution in [3.8, 4) is 0 Å². The van der Waals surface area contributed by atoms with E-state index in [0.29, 0.717) is 19.3 Å². The molecule has 0 aromatic rings. The Morgan fingerprint density at radius 1 is 1.10 bits per heavy atom. The molecule has 0 heterocycles. The zero-order chi connectivity index (χ0) is 14.6. The first-order chi connectivity index (χ1) is 9.52. The average molecular weight is 283 g/mol. The van der Waals surface area contributed by atoms with Crippen molar-refractivity contribution in [1.82, 2.24) is 5.32 Å². The van der Waals surface area contributed by atoms with Gasteiger partial charge in [-0.05, 0) is 32.1 Å². The summed E-state index contributed by atoms with van der Waals surface area (Å²) in [5, 5.41) is 12.3. The number of carbonyl (C=O) groups excluding carboxylic acids is 1. The number of amides is 1. The first-order valence-corrected chi connectivity index (χ1v) is 7.57. The van der Waals surface area contributed by atoms with Gasteiger partial charge in [0.25, 0.3) is 0 Å². The van der Waals surface area contributed by atoms with Crippen LogP contribution in [0.25, 0.3) is 0 Å². The molecule has 20 heavy (non-hydrogen) atoms. The highest BCUT2D eigenvalue weighted by Gasteiger charge is 2.42. The largest absolute Gasteiger partial charge is 0.481 e. The standard InChI is InChI=1S/C15H25NO4/c1-20-15(8-5-9-15)10-12(17)16-11-14(13(18)19)6-3-2-4-7-14/h2-11H2,1H3,(H,16,17)(H,18,19). The van der Waals surface area contributed by atoms with E-state index < -0.39 is 11.4 Å². The third kappa shape index (κ3) is 3.14. The van der Waals surface area contributed by atoms with Crippen LogP contribution >= 0.6 is 0 Å². The topological polar surface area (TPSA) is 75.6 Å². The van der Waals surface area contributed by atoms with Crippen molar-refractivity contribution in [3.05, 3.63) is 0 Å². The van der Waals surface area contributed by atoms with E-state index >= 15 is 0 Å². The molecule has 2 aliphatic carbocycles. The first-order valence-electron chi connectivity index (χ1n) is 7.57. The zero-order valence-electron chi connectivity index (χ0n) is 12.2. The van der Waals surface area contributed by atoms with Crippen molar-refractivity contribution in [3.63, 3.8) is 0 Å². The maximum atomic E-state index is 12.0. The molecule has 0 aliphatic heterocycles. The Balaban J connectivity index is 1.86. The lowest BCUT2D eigenvalue weighted by molar-refractivity contribution is -0.151. The molecule has 0 unspecified atom stereocenters. The number of nitrogens with one attached hydrogen (secondary N) is 1. The summed E-state index contributed by atoms with van der Waals surface area (Å²) in [4.78, 5) is 23.6. The molecule has 2 rings (SSSR count). The third-order valence-corrected chi connectivity index (χ3v) is 5.07. The van der Waals surface area contributed by atoms with Gasteiger partial charge < -0.3 is 15.2 Å². The van der Waals surface area contributed by atoms with Crippen LogP contribution in [0.3, 0.4) is 0 Å². The molecule has 2 aliphatic rings. The molecule has 114 valence electrons. The van der Waals surface area contributed by atoms with Gasteiger partial charge in [0, 0.05) is 13.7 Å². The normalized spacial score (nSPS) is 23.6. The van der Waals surface area contributed by atoms with Gasteiger partial charge in [0.05, 0.1) is 17.4 Å². The lowest BCUT2D eigenvalue weighted by Gasteiger charge is -2.40. The summed E-state index contributed by atoms with van der Waals surface area (Å²) in [6.07, 6.45) is 7.57. The number of hydrogen-bond acceptors (Lipinski definition) is 3. The molecule has 0 atom stereocenters. The van der Waals surface area contributed by atoms with Gasteiger partial charge in [0.15, 0.2) is 0 Å². The van der Waals surface area contributed by atoms with E-state index in [1.165, 1.54) is 0 Å². The van der Waals surface area contributed by atoms with Gasteiger partial charge in [-0.1, -0.05) is 19.3 Å². The summed E-state index contributed by atoms with van der Waals surface area (Å²) in [5.74, 6) is -0.861. The van der Waals surface area contributed by atoms with E-state index in [1.807, 2.05) is 0 Å². The van der Waals surface area contributed by atoms with Crippen molar-refractivity contribution in [2.24, 2.45) is 5.41 Å². The molecule has 2 saturated carbocycles. The zero-order valence-corrected chi connectivity index (χ0v) is 12.2. The molecule has 0 aromatic carbocycles. The van der Waals surface area contributed by atoms with Gasteiger partial charge in [0.2, 0.25) is 5.91 Å². The SMILES string of the molecule is COC1(CC(=O)NCC2(C(=O)O)CCCCC2)CCC1. The first kappa shape index (κ1) is 15.3. The molecular formula is C15H25NO4. The Labute approximate surface area is 120 Å². The van der Waals surface area contributed by atoms with Crippen LogP contribution in [0, 0.1) is 5.41 Å². The van der Waals surface area contributed by atoms with E-state index in [0.717, 1.165) is 38.5 Å². The monoisotopic (exact) mass is 283 g/mol. The maximum absolute atomic E-state index is 12.0. The van der Waals surface area contributed by atoms with Gasteiger partial charge in [-0.3, -0.25) is 9.59 Å². The fourth-order valence-electron chi connectivity index (χ4n) is 3.34. The van der Waals surface area contributed by atoms with E-state index in [2.05, 4.69) is 5.32 Å². The Bertz CT molecular complexity index is 365. The van der Waals surface area contributed by atoms with Crippen molar-refractivity contribution in [2.45, 2.75) is 63.4 Å². The minimum atomic E-state index is -0.775. The summed E-state index contributed by atoms with van der Waals surface area (Å²) >= 11 is 0. The Morgan fingerprint density at radius 2 is 1.75 bits per heavy atom. The predicted octanol–water partition coefficient (Wildman–Crippen LogP) is 2.10. The fourth-order valence-corrected chi connectivity index (χ4v) is 3.34. The lowest BCUT2D eigenvalue weighted by Crippen LogP contribution is -2.48. The minimum absolute atomic E-state index is 0.0854. The summed E-state index contributed by atoms with van der Waals surface area (Å²) in [7, 11) is 1.65. The van der Waals surface area contributed by atoms with E-state index in [9.17, 15) is 14.7 Å². The number of ether oxygens (including phenoxy) is 1. The molecule has 1 amide bonds. The van der Waals surface area contributed by atoms with Crippen LogP contribution in [-0.2, 0) is 14.3 Å². The van der Waals surface area contributed by atoms with E-state index in [-0.39, 0.29) is 18.1 Å². The van der Waals surface area contributed by atoms with Crippen molar-refractivity contribution >= 4 is 11.9 Å². The van der Waals surface area contributed by atoms with Gasteiger partial charge in [-0.15, -0.1) is 0 Å². The van der Waals surface area contributed by atoms with E-state index in [4.69, 9.17) is 4.74 Å². The lowest BCUT2D eigenvalue weighted by atomic mass is 9.73. The van der Waals surface area contributed by atoms with Crippen LogP contribution in [0.2, 0.25) is 0 Å². The molecule has 5 heteroatoms. The molecule has 0 spiro atoms. The minimum Gasteiger partial charge on any atom is -0.481 e. The van der Waals surface area contributed by atoms with Crippen molar-refractivity contribution < 1.29 is 19.4 Å². The van der Waals surface area contributed by atoms with Crippen LogP contribution in [0.5, 0.6) is 0 Å². The number of rotatable bonds is 6.